The first-order valence-electron chi connectivity index (χ1n) is 7.44. The average molecular weight is 281 g/mol. The number of nitrogens with one attached hydrogen (secondary N) is 1. The van der Waals surface area contributed by atoms with E-state index in [2.05, 4.69) is 11.4 Å². The van der Waals surface area contributed by atoms with Gasteiger partial charge in [0.25, 0.3) is 0 Å². The molecule has 1 rings (SSSR count). The Morgan fingerprint density at radius 3 is 2.65 bits per heavy atom. The van der Waals surface area contributed by atoms with Crippen molar-refractivity contribution >= 4 is 5.91 Å². The largest absolute Gasteiger partial charge is 0.392 e. The molecule has 20 heavy (non-hydrogen) atoms. The summed E-state index contributed by atoms with van der Waals surface area (Å²) in [5, 5.41) is 21.9. The lowest BCUT2D eigenvalue weighted by Gasteiger charge is -2.37. The molecule has 3 unspecified atom stereocenters. The van der Waals surface area contributed by atoms with Crippen molar-refractivity contribution in [3.63, 3.8) is 0 Å². The molecule has 5 heteroatoms. The molecule has 0 aromatic rings. The molecule has 0 radical (unpaired) electrons. The van der Waals surface area contributed by atoms with Crippen molar-refractivity contribution in [2.75, 3.05) is 13.1 Å². The van der Waals surface area contributed by atoms with E-state index in [1.807, 2.05) is 18.7 Å². The summed E-state index contributed by atoms with van der Waals surface area (Å²) in [6.07, 6.45) is 2.63. The molecule has 2 N–H and O–H groups in total. The van der Waals surface area contributed by atoms with Gasteiger partial charge in [0.05, 0.1) is 18.7 Å². The molecular weight excluding hydrogens is 254 g/mol. The number of carbonyl (C=O) groups excluding carboxylic acids is 1. The molecule has 3 atom stereocenters. The van der Waals surface area contributed by atoms with Crippen molar-refractivity contribution in [3.8, 4) is 6.07 Å². The second-order valence-corrected chi connectivity index (χ2v) is 6.29. The van der Waals surface area contributed by atoms with E-state index >= 15 is 0 Å². The number of amides is 1. The fourth-order valence-corrected chi connectivity index (χ4v) is 2.57. The third-order valence-electron chi connectivity index (χ3n) is 4.35. The number of hydrogen-bond acceptors (Lipinski definition) is 4. The van der Waals surface area contributed by atoms with E-state index in [1.54, 1.807) is 13.8 Å². The monoisotopic (exact) mass is 281 g/mol. The highest BCUT2D eigenvalue weighted by Crippen LogP contribution is 2.20. The van der Waals surface area contributed by atoms with Gasteiger partial charge in [-0.1, -0.05) is 20.3 Å². The predicted molar refractivity (Wildman–Crippen MR) is 77.9 cm³/mol. The average Bonchev–Trinajstić information content (AvgIpc) is 2.38. The maximum absolute atomic E-state index is 12.2. The molecule has 0 spiro atoms. The summed E-state index contributed by atoms with van der Waals surface area (Å²) in [7, 11) is 0. The third-order valence-corrected chi connectivity index (χ3v) is 4.35. The van der Waals surface area contributed by atoms with Crippen LogP contribution in [0.15, 0.2) is 0 Å². The summed E-state index contributed by atoms with van der Waals surface area (Å²) in [6.45, 7) is 8.44. The van der Waals surface area contributed by atoms with Crippen LogP contribution in [0, 0.1) is 17.2 Å². The molecule has 1 amide bonds. The molecule has 1 fully saturated rings. The Balaban J connectivity index is 2.63. The quantitative estimate of drug-likeness (QED) is 0.796. The molecule has 1 heterocycles. The molecule has 0 bridgehead atoms. The van der Waals surface area contributed by atoms with Crippen LogP contribution in [0.5, 0.6) is 0 Å². The van der Waals surface area contributed by atoms with E-state index in [9.17, 15) is 15.2 Å². The number of aliphatic hydroxyl groups excluding tert-OH is 1. The van der Waals surface area contributed by atoms with Crippen molar-refractivity contribution in [2.45, 2.75) is 64.6 Å². The van der Waals surface area contributed by atoms with Crippen LogP contribution in [0.2, 0.25) is 0 Å². The lowest BCUT2D eigenvalue weighted by atomic mass is 9.90. The number of nitriles is 1. The highest BCUT2D eigenvalue weighted by atomic mass is 16.3. The Bertz CT molecular complexity index is 376. The molecule has 0 aromatic heterocycles. The van der Waals surface area contributed by atoms with Crippen molar-refractivity contribution in [1.82, 2.24) is 10.2 Å². The Morgan fingerprint density at radius 2 is 2.15 bits per heavy atom. The van der Waals surface area contributed by atoms with Gasteiger partial charge in [-0.2, -0.15) is 5.26 Å². The van der Waals surface area contributed by atoms with Gasteiger partial charge in [0.1, 0.15) is 5.54 Å². The first-order valence-corrected chi connectivity index (χ1v) is 7.44. The first kappa shape index (κ1) is 16.9. The SMILES string of the molecule is CC(O)C1CCCCN1CC(=O)NC(C)(C#N)C(C)C. The van der Waals surface area contributed by atoms with Crippen LogP contribution < -0.4 is 5.32 Å². The van der Waals surface area contributed by atoms with E-state index < -0.39 is 11.6 Å². The maximum Gasteiger partial charge on any atom is 0.235 e. The van der Waals surface area contributed by atoms with Gasteiger partial charge in [-0.3, -0.25) is 9.69 Å². The van der Waals surface area contributed by atoms with Gasteiger partial charge in [-0.25, -0.2) is 0 Å². The number of aliphatic hydroxyl groups is 1. The second kappa shape index (κ2) is 7.05. The smallest absolute Gasteiger partial charge is 0.235 e. The topological polar surface area (TPSA) is 76.4 Å². The minimum absolute atomic E-state index is 0.0434. The standard InChI is InChI=1S/C15H27N3O2/c1-11(2)15(4,10-16)17-14(20)9-18-8-6-5-7-13(18)12(3)19/h11-13,19H,5-9H2,1-4H3,(H,17,20). The molecule has 0 aromatic carbocycles. The summed E-state index contributed by atoms with van der Waals surface area (Å²) >= 11 is 0. The van der Waals surface area contributed by atoms with E-state index in [4.69, 9.17) is 0 Å². The number of piperidine rings is 1. The van der Waals surface area contributed by atoms with Crippen LogP contribution in [-0.4, -0.2) is 46.7 Å². The molecule has 114 valence electrons. The van der Waals surface area contributed by atoms with E-state index in [0.717, 1.165) is 25.8 Å². The first-order chi connectivity index (χ1) is 9.30. The van der Waals surface area contributed by atoms with Crippen LogP contribution >= 0.6 is 0 Å². The minimum Gasteiger partial charge on any atom is -0.392 e. The fourth-order valence-electron chi connectivity index (χ4n) is 2.57. The number of hydrogen-bond donors (Lipinski definition) is 2. The van der Waals surface area contributed by atoms with Crippen LogP contribution in [-0.2, 0) is 4.79 Å². The zero-order valence-electron chi connectivity index (χ0n) is 13.0. The van der Waals surface area contributed by atoms with Gasteiger partial charge < -0.3 is 10.4 Å². The van der Waals surface area contributed by atoms with Gasteiger partial charge in [-0.15, -0.1) is 0 Å². The normalized spacial score (nSPS) is 24.8. The van der Waals surface area contributed by atoms with Crippen LogP contribution in [0.4, 0.5) is 0 Å². The summed E-state index contributed by atoms with van der Waals surface area (Å²) in [4.78, 5) is 14.2. The number of rotatable bonds is 5. The van der Waals surface area contributed by atoms with Gasteiger partial charge >= 0.3 is 0 Å². The zero-order chi connectivity index (χ0) is 15.3. The molecule has 0 saturated carbocycles. The minimum atomic E-state index is -0.840. The fraction of sp³-hybridized carbons (Fsp3) is 0.867. The highest BCUT2D eigenvalue weighted by Gasteiger charge is 2.32. The van der Waals surface area contributed by atoms with Gasteiger partial charge in [0, 0.05) is 6.04 Å². The zero-order valence-corrected chi connectivity index (χ0v) is 13.0. The van der Waals surface area contributed by atoms with Gasteiger partial charge in [-0.05, 0) is 39.2 Å². The molecule has 1 aliphatic rings. The van der Waals surface area contributed by atoms with Crippen molar-refractivity contribution < 1.29 is 9.90 Å². The van der Waals surface area contributed by atoms with Gasteiger partial charge in [0.15, 0.2) is 0 Å². The van der Waals surface area contributed by atoms with E-state index in [0.29, 0.717) is 0 Å². The third kappa shape index (κ3) is 4.19. The Labute approximate surface area is 122 Å². The van der Waals surface area contributed by atoms with Crippen LogP contribution in [0.1, 0.15) is 47.0 Å². The summed E-state index contributed by atoms with van der Waals surface area (Å²) in [6, 6.07) is 2.22. The Morgan fingerprint density at radius 1 is 1.50 bits per heavy atom. The van der Waals surface area contributed by atoms with Crippen molar-refractivity contribution in [3.05, 3.63) is 0 Å². The molecule has 1 saturated heterocycles. The summed E-state index contributed by atoms with van der Waals surface area (Å²) in [5.74, 6) is -0.0966. The summed E-state index contributed by atoms with van der Waals surface area (Å²) in [5.41, 5.74) is -0.840. The van der Waals surface area contributed by atoms with Crippen LogP contribution in [0.3, 0.4) is 0 Å². The molecule has 0 aliphatic carbocycles. The van der Waals surface area contributed by atoms with E-state index in [1.165, 1.54) is 0 Å². The second-order valence-electron chi connectivity index (χ2n) is 6.29. The predicted octanol–water partition coefficient (Wildman–Crippen LogP) is 1.28. The lowest BCUT2D eigenvalue weighted by Crippen LogP contribution is -2.55. The number of carbonyl (C=O) groups is 1. The summed E-state index contributed by atoms with van der Waals surface area (Å²) < 4.78 is 0. The lowest BCUT2D eigenvalue weighted by molar-refractivity contribution is -0.125. The van der Waals surface area contributed by atoms with Crippen molar-refractivity contribution in [2.24, 2.45) is 5.92 Å². The molecular formula is C15H27N3O2. The maximum atomic E-state index is 12.2. The van der Waals surface area contributed by atoms with Crippen LogP contribution in [0.25, 0.3) is 0 Å². The van der Waals surface area contributed by atoms with Gasteiger partial charge in [0.2, 0.25) is 5.91 Å². The number of likely N-dealkylation sites (tertiary alicyclic amines) is 1. The van der Waals surface area contributed by atoms with Crippen molar-refractivity contribution in [1.29, 1.82) is 5.26 Å². The Hall–Kier alpha value is -1.12. The number of nitrogens with zero attached hydrogens (tertiary/aromatic N) is 2. The highest BCUT2D eigenvalue weighted by molar-refractivity contribution is 5.79. The Kier molecular flexibility index (Phi) is 5.97. The molecule has 1 aliphatic heterocycles. The molecule has 5 nitrogen and oxygen atoms in total. The van der Waals surface area contributed by atoms with E-state index in [-0.39, 0.29) is 24.4 Å².